The molecule has 7 heteroatoms. The minimum atomic E-state index is -0.0272. The third-order valence-electron chi connectivity index (χ3n) is 3.41. The summed E-state index contributed by atoms with van der Waals surface area (Å²) >= 11 is 1.41. The number of rotatable bonds is 2. The van der Waals surface area contributed by atoms with Gasteiger partial charge in [0.05, 0.1) is 6.26 Å². The van der Waals surface area contributed by atoms with Crippen molar-refractivity contribution < 1.29 is 9.21 Å². The second kappa shape index (κ2) is 5.24. The molecule has 0 spiro atoms. The topological polar surface area (TPSA) is 62.5 Å². The number of furan rings is 1. The van der Waals surface area contributed by atoms with E-state index in [4.69, 9.17) is 4.42 Å². The van der Waals surface area contributed by atoms with Crippen LogP contribution in [0.1, 0.15) is 21.9 Å². The minimum Gasteiger partial charge on any atom is -0.459 e. The summed E-state index contributed by atoms with van der Waals surface area (Å²) in [6.07, 6.45) is 1.56. The molecule has 0 bridgehead atoms. The Balaban J connectivity index is 1.64. The van der Waals surface area contributed by atoms with Crippen molar-refractivity contribution in [1.29, 1.82) is 0 Å². The molecule has 0 radical (unpaired) electrons. The molecular formula is C13H16N4O2S. The first-order chi connectivity index (χ1) is 9.65. The Morgan fingerprint density at radius 1 is 1.30 bits per heavy atom. The highest BCUT2D eigenvalue weighted by Gasteiger charge is 2.26. The van der Waals surface area contributed by atoms with Crippen LogP contribution in [0, 0.1) is 13.8 Å². The smallest absolute Gasteiger partial charge is 0.289 e. The Morgan fingerprint density at radius 3 is 2.60 bits per heavy atom. The van der Waals surface area contributed by atoms with E-state index < -0.39 is 0 Å². The second-order valence-electron chi connectivity index (χ2n) is 4.84. The normalized spacial score (nSPS) is 15.7. The van der Waals surface area contributed by atoms with E-state index in [0.717, 1.165) is 29.6 Å². The van der Waals surface area contributed by atoms with Crippen molar-refractivity contribution in [3.63, 3.8) is 0 Å². The summed E-state index contributed by atoms with van der Waals surface area (Å²) in [5, 5.41) is 0.934. The van der Waals surface area contributed by atoms with Crippen molar-refractivity contribution in [1.82, 2.24) is 14.3 Å². The van der Waals surface area contributed by atoms with Gasteiger partial charge in [-0.05, 0) is 19.9 Å². The van der Waals surface area contributed by atoms with Gasteiger partial charge in [0.15, 0.2) is 5.76 Å². The first kappa shape index (κ1) is 13.1. The van der Waals surface area contributed by atoms with Gasteiger partial charge in [-0.1, -0.05) is 0 Å². The van der Waals surface area contributed by atoms with Gasteiger partial charge in [0.2, 0.25) is 5.13 Å². The quantitative estimate of drug-likeness (QED) is 0.843. The van der Waals surface area contributed by atoms with E-state index in [-0.39, 0.29) is 5.91 Å². The summed E-state index contributed by atoms with van der Waals surface area (Å²) < 4.78 is 9.46. The number of carbonyl (C=O) groups excluding carboxylic acids is 1. The number of nitrogens with zero attached hydrogens (tertiary/aromatic N) is 4. The third-order valence-corrected chi connectivity index (χ3v) is 4.28. The minimum absolute atomic E-state index is 0.0272. The first-order valence-corrected chi connectivity index (χ1v) is 7.31. The zero-order valence-electron chi connectivity index (χ0n) is 11.5. The monoisotopic (exact) mass is 292 g/mol. The molecule has 0 saturated carbocycles. The van der Waals surface area contributed by atoms with E-state index in [1.165, 1.54) is 11.5 Å². The van der Waals surface area contributed by atoms with Crippen LogP contribution in [0.5, 0.6) is 0 Å². The average Bonchev–Trinajstić information content (AvgIpc) is 3.07. The van der Waals surface area contributed by atoms with Crippen LogP contribution in [0.2, 0.25) is 0 Å². The van der Waals surface area contributed by atoms with Gasteiger partial charge in [-0.2, -0.15) is 4.37 Å². The van der Waals surface area contributed by atoms with Crippen LogP contribution in [-0.4, -0.2) is 46.3 Å². The van der Waals surface area contributed by atoms with Crippen LogP contribution in [0.3, 0.4) is 0 Å². The largest absolute Gasteiger partial charge is 0.459 e. The van der Waals surface area contributed by atoms with E-state index in [2.05, 4.69) is 14.3 Å². The number of carbonyl (C=O) groups is 1. The van der Waals surface area contributed by atoms with Gasteiger partial charge in [-0.15, -0.1) is 0 Å². The summed E-state index contributed by atoms with van der Waals surface area (Å²) in [6.45, 7) is 6.69. The van der Waals surface area contributed by atoms with Crippen molar-refractivity contribution >= 4 is 22.6 Å². The van der Waals surface area contributed by atoms with Gasteiger partial charge in [0.1, 0.15) is 5.82 Å². The van der Waals surface area contributed by atoms with Gasteiger partial charge in [-0.3, -0.25) is 4.79 Å². The SMILES string of the molecule is Cc1nsc(N2CCN(C(=O)c3occc3C)CC2)n1. The molecule has 0 atom stereocenters. The van der Waals surface area contributed by atoms with Crippen molar-refractivity contribution in [3.05, 3.63) is 29.5 Å². The van der Waals surface area contributed by atoms with Gasteiger partial charge in [0, 0.05) is 43.3 Å². The third kappa shape index (κ3) is 2.40. The molecular weight excluding hydrogens is 276 g/mol. The maximum Gasteiger partial charge on any atom is 0.289 e. The van der Waals surface area contributed by atoms with E-state index >= 15 is 0 Å². The average molecular weight is 292 g/mol. The summed E-state index contributed by atoms with van der Waals surface area (Å²) in [7, 11) is 0. The van der Waals surface area contributed by atoms with Gasteiger partial charge >= 0.3 is 0 Å². The van der Waals surface area contributed by atoms with Crippen LogP contribution >= 0.6 is 11.5 Å². The summed E-state index contributed by atoms with van der Waals surface area (Å²) in [5.41, 5.74) is 0.886. The van der Waals surface area contributed by atoms with E-state index in [9.17, 15) is 4.79 Å². The van der Waals surface area contributed by atoms with E-state index in [1.54, 1.807) is 6.26 Å². The van der Waals surface area contributed by atoms with Crippen molar-refractivity contribution in [3.8, 4) is 0 Å². The molecule has 3 rings (SSSR count). The molecule has 1 saturated heterocycles. The Labute approximate surface area is 121 Å². The lowest BCUT2D eigenvalue weighted by atomic mass is 10.2. The lowest BCUT2D eigenvalue weighted by molar-refractivity contribution is 0.0713. The summed E-state index contributed by atoms with van der Waals surface area (Å²) in [6, 6.07) is 1.81. The van der Waals surface area contributed by atoms with Crippen LogP contribution in [0.15, 0.2) is 16.7 Å². The Hall–Kier alpha value is -1.89. The maximum atomic E-state index is 12.3. The molecule has 0 N–H and O–H groups in total. The Bertz CT molecular complexity index is 613. The van der Waals surface area contributed by atoms with Crippen molar-refractivity contribution in [2.75, 3.05) is 31.1 Å². The predicted octanol–water partition coefficient (Wildman–Crippen LogP) is 1.71. The number of aryl methyl sites for hydroxylation is 2. The van der Waals surface area contributed by atoms with Crippen LogP contribution < -0.4 is 4.90 Å². The fraction of sp³-hybridized carbons (Fsp3) is 0.462. The number of amides is 1. The standard InChI is InChI=1S/C13H16N4O2S/c1-9-3-8-19-11(9)12(18)16-4-6-17(7-5-16)13-14-10(2)15-20-13/h3,8H,4-7H2,1-2H3. The molecule has 0 unspecified atom stereocenters. The highest BCUT2D eigenvalue weighted by molar-refractivity contribution is 7.09. The number of anilines is 1. The second-order valence-corrected chi connectivity index (χ2v) is 5.57. The number of aromatic nitrogens is 2. The van der Waals surface area contributed by atoms with Gasteiger partial charge in [-0.25, -0.2) is 4.98 Å². The molecule has 106 valence electrons. The molecule has 1 fully saturated rings. The van der Waals surface area contributed by atoms with E-state index in [0.29, 0.717) is 18.8 Å². The Kier molecular flexibility index (Phi) is 3.43. The molecule has 2 aromatic heterocycles. The molecule has 3 heterocycles. The fourth-order valence-electron chi connectivity index (χ4n) is 2.25. The highest BCUT2D eigenvalue weighted by Crippen LogP contribution is 2.20. The summed E-state index contributed by atoms with van der Waals surface area (Å²) in [4.78, 5) is 20.7. The predicted molar refractivity (Wildman–Crippen MR) is 76.2 cm³/mol. The molecule has 1 aliphatic heterocycles. The van der Waals surface area contributed by atoms with Crippen LogP contribution in [-0.2, 0) is 0 Å². The van der Waals surface area contributed by atoms with E-state index in [1.807, 2.05) is 24.8 Å². The van der Waals surface area contributed by atoms with Gasteiger partial charge < -0.3 is 14.2 Å². The molecule has 2 aromatic rings. The van der Waals surface area contributed by atoms with Crippen LogP contribution in [0.25, 0.3) is 0 Å². The van der Waals surface area contributed by atoms with Crippen LogP contribution in [0.4, 0.5) is 5.13 Å². The summed E-state index contributed by atoms with van der Waals surface area (Å²) in [5.74, 6) is 1.22. The maximum absolute atomic E-state index is 12.3. The number of hydrogen-bond acceptors (Lipinski definition) is 6. The lowest BCUT2D eigenvalue weighted by Crippen LogP contribution is -2.48. The molecule has 1 amide bonds. The molecule has 20 heavy (non-hydrogen) atoms. The number of piperazine rings is 1. The zero-order valence-corrected chi connectivity index (χ0v) is 12.3. The first-order valence-electron chi connectivity index (χ1n) is 6.54. The Morgan fingerprint density at radius 2 is 2.05 bits per heavy atom. The molecule has 0 aromatic carbocycles. The molecule has 0 aliphatic carbocycles. The number of hydrogen-bond donors (Lipinski definition) is 0. The molecule has 6 nitrogen and oxygen atoms in total. The van der Waals surface area contributed by atoms with Gasteiger partial charge in [0.25, 0.3) is 5.91 Å². The zero-order chi connectivity index (χ0) is 14.1. The van der Waals surface area contributed by atoms with Crippen molar-refractivity contribution in [2.45, 2.75) is 13.8 Å². The van der Waals surface area contributed by atoms with Crippen molar-refractivity contribution in [2.24, 2.45) is 0 Å². The highest BCUT2D eigenvalue weighted by atomic mass is 32.1. The fourth-order valence-corrected chi connectivity index (χ4v) is 2.98. The lowest BCUT2D eigenvalue weighted by Gasteiger charge is -2.33. The molecule has 1 aliphatic rings.